The van der Waals surface area contributed by atoms with Crippen molar-refractivity contribution in [2.24, 2.45) is 0 Å². The molecule has 20 heavy (non-hydrogen) atoms. The van der Waals surface area contributed by atoms with Crippen LogP contribution in [0.15, 0.2) is 24.3 Å². The fourth-order valence-corrected chi connectivity index (χ4v) is 1.63. The number of ether oxygens (including phenoxy) is 1. The van der Waals surface area contributed by atoms with Crippen LogP contribution in [0.25, 0.3) is 0 Å². The molecule has 0 saturated carbocycles. The van der Waals surface area contributed by atoms with Crippen molar-refractivity contribution in [3.05, 3.63) is 29.8 Å². The zero-order chi connectivity index (χ0) is 15.1. The maximum Gasteiger partial charge on any atom is 0.387 e. The van der Waals surface area contributed by atoms with Crippen molar-refractivity contribution < 1.29 is 18.3 Å². The van der Waals surface area contributed by atoms with Crippen LogP contribution in [0.4, 0.5) is 8.78 Å². The maximum atomic E-state index is 12.1. The van der Waals surface area contributed by atoms with Gasteiger partial charge in [-0.2, -0.15) is 8.78 Å². The van der Waals surface area contributed by atoms with Gasteiger partial charge in [0.15, 0.2) is 0 Å². The molecule has 1 atom stereocenters. The molecule has 0 radical (unpaired) electrons. The Morgan fingerprint density at radius 1 is 1.45 bits per heavy atom. The summed E-state index contributed by atoms with van der Waals surface area (Å²) in [7, 11) is 1.73. The van der Waals surface area contributed by atoms with Crippen LogP contribution >= 0.6 is 0 Å². The first-order chi connectivity index (χ1) is 9.43. The quantitative estimate of drug-likeness (QED) is 0.837. The van der Waals surface area contributed by atoms with Gasteiger partial charge in [-0.25, -0.2) is 0 Å². The minimum Gasteiger partial charge on any atom is -0.435 e. The molecule has 0 aromatic heterocycles. The van der Waals surface area contributed by atoms with Crippen molar-refractivity contribution >= 4 is 5.91 Å². The van der Waals surface area contributed by atoms with E-state index >= 15 is 0 Å². The molecule has 6 heteroatoms. The third-order valence-electron chi connectivity index (χ3n) is 3.04. The molecule has 112 valence electrons. The number of rotatable bonds is 7. The van der Waals surface area contributed by atoms with E-state index in [1.807, 2.05) is 13.8 Å². The molecule has 1 aromatic rings. The summed E-state index contributed by atoms with van der Waals surface area (Å²) in [6, 6.07) is 6.32. The Hall–Kier alpha value is -1.69. The van der Waals surface area contributed by atoms with Crippen molar-refractivity contribution in [3.8, 4) is 5.75 Å². The van der Waals surface area contributed by atoms with Crippen molar-refractivity contribution in [1.82, 2.24) is 10.2 Å². The number of carbonyl (C=O) groups is 1. The van der Waals surface area contributed by atoms with Gasteiger partial charge < -0.3 is 15.0 Å². The maximum absolute atomic E-state index is 12.1. The zero-order valence-corrected chi connectivity index (χ0v) is 11.9. The second-order valence-electron chi connectivity index (χ2n) is 4.46. The number of alkyl halides is 2. The molecule has 0 saturated heterocycles. The van der Waals surface area contributed by atoms with Gasteiger partial charge in [0.2, 0.25) is 5.91 Å². The van der Waals surface area contributed by atoms with Crippen LogP contribution in [0.2, 0.25) is 0 Å². The summed E-state index contributed by atoms with van der Waals surface area (Å²) < 4.78 is 28.6. The minimum absolute atomic E-state index is 0.0145. The van der Waals surface area contributed by atoms with Gasteiger partial charge in [-0.3, -0.25) is 4.79 Å². The van der Waals surface area contributed by atoms with Crippen molar-refractivity contribution in [1.29, 1.82) is 0 Å². The summed E-state index contributed by atoms with van der Waals surface area (Å²) in [6.07, 6.45) is 0. The molecule has 0 heterocycles. The van der Waals surface area contributed by atoms with Gasteiger partial charge in [0.1, 0.15) is 5.75 Å². The third-order valence-corrected chi connectivity index (χ3v) is 3.04. The SMILES string of the molecule is CCN(C)C(=O)CNC(C)c1cccc(OC(F)F)c1. The standard InChI is InChI=1S/C14H20F2N2O2/c1-4-18(3)13(19)9-17-10(2)11-6-5-7-12(8-11)20-14(15)16/h5-8,10,14,17H,4,9H2,1-3H3. The molecule has 1 unspecified atom stereocenters. The van der Waals surface area contributed by atoms with E-state index in [9.17, 15) is 13.6 Å². The van der Waals surface area contributed by atoms with E-state index in [2.05, 4.69) is 10.1 Å². The van der Waals surface area contributed by atoms with Gasteiger partial charge in [-0.1, -0.05) is 12.1 Å². The number of amides is 1. The number of hydrogen-bond acceptors (Lipinski definition) is 3. The molecular formula is C14H20F2N2O2. The minimum atomic E-state index is -2.84. The van der Waals surface area contributed by atoms with Crippen LogP contribution in [-0.2, 0) is 4.79 Å². The van der Waals surface area contributed by atoms with E-state index in [4.69, 9.17) is 0 Å². The molecule has 0 bridgehead atoms. The van der Waals surface area contributed by atoms with Crippen LogP contribution in [0.5, 0.6) is 5.75 Å². The predicted octanol–water partition coefficient (Wildman–Crippen LogP) is 2.42. The number of nitrogens with zero attached hydrogens (tertiary/aromatic N) is 1. The van der Waals surface area contributed by atoms with Crippen LogP contribution in [0.3, 0.4) is 0 Å². The van der Waals surface area contributed by atoms with Gasteiger partial charge in [0.05, 0.1) is 6.54 Å². The Morgan fingerprint density at radius 2 is 2.15 bits per heavy atom. The zero-order valence-electron chi connectivity index (χ0n) is 11.9. The number of benzene rings is 1. The first kappa shape index (κ1) is 16.4. The predicted molar refractivity (Wildman–Crippen MR) is 72.8 cm³/mol. The fourth-order valence-electron chi connectivity index (χ4n) is 1.63. The average Bonchev–Trinajstić information content (AvgIpc) is 2.43. The largest absolute Gasteiger partial charge is 0.435 e. The Morgan fingerprint density at radius 3 is 2.75 bits per heavy atom. The van der Waals surface area contributed by atoms with Crippen molar-refractivity contribution in [2.45, 2.75) is 26.5 Å². The summed E-state index contributed by atoms with van der Waals surface area (Å²) in [5.74, 6) is 0.0995. The lowest BCUT2D eigenvalue weighted by molar-refractivity contribution is -0.128. The van der Waals surface area contributed by atoms with E-state index in [0.29, 0.717) is 6.54 Å². The van der Waals surface area contributed by atoms with Crippen LogP contribution < -0.4 is 10.1 Å². The van der Waals surface area contributed by atoms with Crippen LogP contribution in [-0.4, -0.2) is 37.6 Å². The highest BCUT2D eigenvalue weighted by molar-refractivity contribution is 5.77. The molecular weight excluding hydrogens is 266 g/mol. The Bertz CT molecular complexity index is 441. The van der Waals surface area contributed by atoms with Gasteiger partial charge in [0.25, 0.3) is 0 Å². The highest BCUT2D eigenvalue weighted by Gasteiger charge is 2.11. The Kier molecular flexibility index (Phi) is 6.38. The number of carbonyl (C=O) groups excluding carboxylic acids is 1. The van der Waals surface area contributed by atoms with Gasteiger partial charge in [0, 0.05) is 19.6 Å². The molecule has 1 N–H and O–H groups in total. The number of halogens is 2. The molecule has 0 aliphatic rings. The summed E-state index contributed by atoms with van der Waals surface area (Å²) >= 11 is 0. The highest BCUT2D eigenvalue weighted by atomic mass is 19.3. The monoisotopic (exact) mass is 286 g/mol. The van der Waals surface area contributed by atoms with E-state index in [-0.39, 0.29) is 24.2 Å². The molecule has 0 spiro atoms. The lowest BCUT2D eigenvalue weighted by atomic mass is 10.1. The Balaban J connectivity index is 2.59. The first-order valence-electron chi connectivity index (χ1n) is 6.46. The van der Waals surface area contributed by atoms with E-state index in [1.165, 1.54) is 12.1 Å². The molecule has 4 nitrogen and oxygen atoms in total. The van der Waals surface area contributed by atoms with E-state index < -0.39 is 6.61 Å². The van der Waals surface area contributed by atoms with E-state index in [1.54, 1.807) is 24.1 Å². The normalized spacial score (nSPS) is 12.3. The third kappa shape index (κ3) is 5.13. The van der Waals surface area contributed by atoms with Gasteiger partial charge in [-0.05, 0) is 31.5 Å². The highest BCUT2D eigenvalue weighted by Crippen LogP contribution is 2.20. The molecule has 0 fully saturated rings. The lowest BCUT2D eigenvalue weighted by Gasteiger charge is -2.18. The molecule has 1 amide bonds. The second-order valence-corrected chi connectivity index (χ2v) is 4.46. The molecule has 0 aliphatic heterocycles. The smallest absolute Gasteiger partial charge is 0.387 e. The van der Waals surface area contributed by atoms with E-state index in [0.717, 1.165) is 5.56 Å². The fraction of sp³-hybridized carbons (Fsp3) is 0.500. The van der Waals surface area contributed by atoms with Crippen molar-refractivity contribution in [3.63, 3.8) is 0 Å². The average molecular weight is 286 g/mol. The van der Waals surface area contributed by atoms with Gasteiger partial charge in [-0.15, -0.1) is 0 Å². The second kappa shape index (κ2) is 7.79. The summed E-state index contributed by atoms with van der Waals surface area (Å²) in [4.78, 5) is 13.3. The first-order valence-corrected chi connectivity index (χ1v) is 6.46. The van der Waals surface area contributed by atoms with Gasteiger partial charge >= 0.3 is 6.61 Å². The van der Waals surface area contributed by atoms with Crippen LogP contribution in [0, 0.1) is 0 Å². The number of likely N-dealkylation sites (N-methyl/N-ethyl adjacent to an activating group) is 1. The van der Waals surface area contributed by atoms with Crippen LogP contribution in [0.1, 0.15) is 25.5 Å². The lowest BCUT2D eigenvalue weighted by Crippen LogP contribution is -2.36. The summed E-state index contributed by atoms with van der Waals surface area (Å²) in [6.45, 7) is 1.76. The van der Waals surface area contributed by atoms with Crippen molar-refractivity contribution in [2.75, 3.05) is 20.1 Å². The summed E-state index contributed by atoms with van der Waals surface area (Å²) in [5, 5.41) is 3.06. The number of nitrogens with one attached hydrogen (secondary N) is 1. The summed E-state index contributed by atoms with van der Waals surface area (Å²) in [5.41, 5.74) is 0.787. The Labute approximate surface area is 117 Å². The topological polar surface area (TPSA) is 41.6 Å². The molecule has 1 aromatic carbocycles. The molecule has 0 aliphatic carbocycles. The molecule has 1 rings (SSSR count). The number of hydrogen-bond donors (Lipinski definition) is 1.